The largest absolute Gasteiger partial charge is 0.377 e. The van der Waals surface area contributed by atoms with Crippen LogP contribution in [0.15, 0.2) is 11.4 Å². The quantitative estimate of drug-likeness (QED) is 0.793. The number of hydrogen-bond donors (Lipinski definition) is 0. The number of aromatic nitrogens is 4. The number of fused-ring (bicyclic) bond motifs is 1. The Morgan fingerprint density at radius 1 is 1.56 bits per heavy atom. The first-order chi connectivity index (χ1) is 8.66. The zero-order valence-electron chi connectivity index (χ0n) is 10.1. The summed E-state index contributed by atoms with van der Waals surface area (Å²) in [6.45, 7) is 4.87. The van der Waals surface area contributed by atoms with E-state index in [-0.39, 0.29) is 6.10 Å². The second-order valence-electron chi connectivity index (χ2n) is 4.33. The van der Waals surface area contributed by atoms with Crippen molar-refractivity contribution in [3.8, 4) is 0 Å². The Bertz CT molecular complexity index is 588. The topological polar surface area (TPSA) is 52.3 Å². The molecule has 0 amide bonds. The van der Waals surface area contributed by atoms with Crippen LogP contribution in [0.25, 0.3) is 5.78 Å². The van der Waals surface area contributed by atoms with E-state index in [9.17, 15) is 0 Å². The van der Waals surface area contributed by atoms with Crippen molar-refractivity contribution in [2.75, 3.05) is 6.61 Å². The van der Waals surface area contributed by atoms with Gasteiger partial charge in [-0.2, -0.15) is 19.6 Å². The predicted octanol–water partition coefficient (Wildman–Crippen LogP) is 2.36. The Labute approximate surface area is 114 Å². The van der Waals surface area contributed by atoms with Gasteiger partial charge < -0.3 is 4.74 Å². The summed E-state index contributed by atoms with van der Waals surface area (Å²) in [5.41, 5.74) is 0.943. The number of rotatable bonds is 2. The summed E-state index contributed by atoms with van der Waals surface area (Å²) in [5, 5.41) is 6.13. The van der Waals surface area contributed by atoms with Gasteiger partial charge in [-0.1, -0.05) is 23.4 Å². The third-order valence-electron chi connectivity index (χ3n) is 3.12. The smallest absolute Gasteiger partial charge is 0.254 e. The van der Waals surface area contributed by atoms with Crippen LogP contribution in [-0.4, -0.2) is 37.5 Å². The molecule has 3 heterocycles. The number of hydrogen-bond acceptors (Lipinski definition) is 5. The fourth-order valence-corrected chi connectivity index (χ4v) is 3.52. The predicted molar refractivity (Wildman–Crippen MR) is 70.2 cm³/mol. The number of halogens is 1. The molecule has 96 valence electrons. The van der Waals surface area contributed by atoms with Crippen molar-refractivity contribution in [1.82, 2.24) is 19.6 Å². The van der Waals surface area contributed by atoms with E-state index in [0.29, 0.717) is 16.2 Å². The van der Waals surface area contributed by atoms with E-state index in [1.54, 1.807) is 16.3 Å². The van der Waals surface area contributed by atoms with Gasteiger partial charge in [-0.3, -0.25) is 0 Å². The molecule has 1 saturated heterocycles. The Morgan fingerprint density at radius 3 is 3.11 bits per heavy atom. The maximum Gasteiger partial charge on any atom is 0.254 e. The molecule has 0 aliphatic carbocycles. The molecule has 0 spiro atoms. The third-order valence-corrected chi connectivity index (χ3v) is 5.11. The van der Waals surface area contributed by atoms with Gasteiger partial charge in [-0.15, -0.1) is 0 Å². The van der Waals surface area contributed by atoms with Crippen LogP contribution in [0.4, 0.5) is 0 Å². The van der Waals surface area contributed by atoms with E-state index in [4.69, 9.17) is 16.3 Å². The third kappa shape index (κ3) is 1.98. The van der Waals surface area contributed by atoms with E-state index in [1.807, 2.05) is 6.92 Å². The molecule has 2 aromatic heterocycles. The standard InChI is InChI=1S/C11H13ClN4OS/c1-6-9(12)15-11-13-5-14-16(11)10(6)18-8-3-4-17-7(8)2/h5,7-8H,3-4H2,1-2H3. The lowest BCUT2D eigenvalue weighted by atomic mass is 10.3. The van der Waals surface area contributed by atoms with Crippen LogP contribution < -0.4 is 0 Å². The SMILES string of the molecule is Cc1c(Cl)nc2ncnn2c1SC1CCOC1C. The second kappa shape index (κ2) is 4.68. The van der Waals surface area contributed by atoms with Crippen molar-refractivity contribution in [3.05, 3.63) is 17.0 Å². The number of thioether (sulfide) groups is 1. The lowest BCUT2D eigenvalue weighted by Gasteiger charge is -2.15. The second-order valence-corrected chi connectivity index (χ2v) is 5.91. The Kier molecular flexibility index (Phi) is 3.17. The highest BCUT2D eigenvalue weighted by Gasteiger charge is 2.27. The van der Waals surface area contributed by atoms with Crippen molar-refractivity contribution in [3.63, 3.8) is 0 Å². The van der Waals surface area contributed by atoms with E-state index >= 15 is 0 Å². The van der Waals surface area contributed by atoms with Gasteiger partial charge >= 0.3 is 0 Å². The van der Waals surface area contributed by atoms with Gasteiger partial charge in [0.25, 0.3) is 5.78 Å². The Hall–Kier alpha value is -0.850. The molecule has 2 unspecified atom stereocenters. The molecule has 2 atom stereocenters. The lowest BCUT2D eigenvalue weighted by molar-refractivity contribution is 0.127. The van der Waals surface area contributed by atoms with Crippen LogP contribution >= 0.6 is 23.4 Å². The first kappa shape index (κ1) is 12.2. The fourth-order valence-electron chi connectivity index (χ4n) is 2.02. The van der Waals surface area contributed by atoms with Gasteiger partial charge in [0.15, 0.2) is 0 Å². The molecule has 0 bridgehead atoms. The van der Waals surface area contributed by atoms with Crippen LogP contribution in [0.1, 0.15) is 18.9 Å². The number of ether oxygens (including phenoxy) is 1. The minimum Gasteiger partial charge on any atom is -0.377 e. The summed E-state index contributed by atoms with van der Waals surface area (Å²) >= 11 is 7.88. The van der Waals surface area contributed by atoms with Crippen LogP contribution in [0.2, 0.25) is 5.15 Å². The molecule has 1 aliphatic heterocycles. The highest BCUT2D eigenvalue weighted by molar-refractivity contribution is 8.00. The van der Waals surface area contributed by atoms with Crippen molar-refractivity contribution in [2.45, 2.75) is 36.6 Å². The summed E-state index contributed by atoms with van der Waals surface area (Å²) in [4.78, 5) is 8.29. The van der Waals surface area contributed by atoms with Gasteiger partial charge in [-0.05, 0) is 20.3 Å². The zero-order valence-corrected chi connectivity index (χ0v) is 11.7. The Morgan fingerprint density at radius 2 is 2.39 bits per heavy atom. The molecule has 0 saturated carbocycles. The molecule has 0 radical (unpaired) electrons. The molecule has 0 N–H and O–H groups in total. The number of nitrogens with zero attached hydrogens (tertiary/aromatic N) is 4. The van der Waals surface area contributed by atoms with E-state index in [2.05, 4.69) is 22.0 Å². The highest BCUT2D eigenvalue weighted by atomic mass is 35.5. The monoisotopic (exact) mass is 284 g/mol. The van der Waals surface area contributed by atoms with Crippen LogP contribution in [-0.2, 0) is 4.74 Å². The molecule has 2 aromatic rings. The zero-order chi connectivity index (χ0) is 12.7. The van der Waals surface area contributed by atoms with Crippen molar-refractivity contribution < 1.29 is 4.74 Å². The van der Waals surface area contributed by atoms with E-state index < -0.39 is 0 Å². The van der Waals surface area contributed by atoms with Gasteiger partial charge in [0, 0.05) is 17.4 Å². The first-order valence-electron chi connectivity index (χ1n) is 5.81. The molecule has 3 rings (SSSR count). The molecular formula is C11H13ClN4OS. The molecule has 5 nitrogen and oxygen atoms in total. The summed E-state index contributed by atoms with van der Waals surface area (Å²) < 4.78 is 7.33. The van der Waals surface area contributed by atoms with Crippen molar-refractivity contribution in [1.29, 1.82) is 0 Å². The van der Waals surface area contributed by atoms with Gasteiger partial charge in [-0.25, -0.2) is 0 Å². The molecule has 7 heteroatoms. The molecule has 0 aromatic carbocycles. The molecule has 1 aliphatic rings. The normalized spacial score (nSPS) is 23.9. The van der Waals surface area contributed by atoms with E-state index in [0.717, 1.165) is 23.6 Å². The Balaban J connectivity index is 2.04. The first-order valence-corrected chi connectivity index (χ1v) is 7.06. The summed E-state index contributed by atoms with van der Waals surface area (Å²) in [7, 11) is 0. The van der Waals surface area contributed by atoms with Crippen LogP contribution in [0.5, 0.6) is 0 Å². The molecule has 18 heavy (non-hydrogen) atoms. The molecular weight excluding hydrogens is 272 g/mol. The van der Waals surface area contributed by atoms with Crippen molar-refractivity contribution >= 4 is 29.1 Å². The summed E-state index contributed by atoms with van der Waals surface area (Å²) in [6, 6.07) is 0. The van der Waals surface area contributed by atoms with E-state index in [1.165, 1.54) is 6.33 Å². The summed E-state index contributed by atoms with van der Waals surface area (Å²) in [5.74, 6) is 0.541. The van der Waals surface area contributed by atoms with Crippen LogP contribution in [0.3, 0.4) is 0 Å². The van der Waals surface area contributed by atoms with Gasteiger partial charge in [0.2, 0.25) is 0 Å². The average molecular weight is 285 g/mol. The maximum absolute atomic E-state index is 6.13. The molecule has 1 fully saturated rings. The fraction of sp³-hybridized carbons (Fsp3) is 0.545. The highest BCUT2D eigenvalue weighted by Crippen LogP contribution is 2.35. The maximum atomic E-state index is 6.13. The minimum absolute atomic E-state index is 0.250. The van der Waals surface area contributed by atoms with Crippen LogP contribution in [0, 0.1) is 6.92 Å². The van der Waals surface area contributed by atoms with Gasteiger partial charge in [0.1, 0.15) is 16.5 Å². The van der Waals surface area contributed by atoms with Gasteiger partial charge in [0.05, 0.1) is 6.10 Å². The van der Waals surface area contributed by atoms with Crippen molar-refractivity contribution in [2.24, 2.45) is 0 Å². The summed E-state index contributed by atoms with van der Waals surface area (Å²) in [6.07, 6.45) is 2.79. The minimum atomic E-state index is 0.250. The average Bonchev–Trinajstić information content (AvgIpc) is 2.94. The lowest BCUT2D eigenvalue weighted by Crippen LogP contribution is -2.14.